The zero-order valence-electron chi connectivity index (χ0n) is 16.1. The molecule has 6 heteroatoms. The van der Waals surface area contributed by atoms with E-state index in [9.17, 15) is 9.59 Å². The second-order valence-corrected chi connectivity index (χ2v) is 6.75. The molecule has 0 aliphatic rings. The van der Waals surface area contributed by atoms with Crippen LogP contribution >= 0.6 is 0 Å². The number of carbonyl (C=O) groups excluding carboxylic acids is 2. The standard InChI is InChI=1S/C22H23N3O3/c1-15(2)20(22(27)28-3)23-21(26)19-14-18(16-10-6-4-7-11-16)24-25(19)17-12-8-5-9-13-17/h4-15,20H,1-3H3,(H,23,26). The molecule has 0 aliphatic carbocycles. The molecule has 1 aromatic heterocycles. The van der Waals surface area contributed by atoms with E-state index in [1.54, 1.807) is 10.7 Å². The fraction of sp³-hybridized carbons (Fsp3) is 0.227. The van der Waals surface area contributed by atoms with Crippen molar-refractivity contribution in [1.29, 1.82) is 0 Å². The molecule has 6 nitrogen and oxygen atoms in total. The van der Waals surface area contributed by atoms with E-state index in [4.69, 9.17) is 4.74 Å². The Kier molecular flexibility index (Phi) is 5.89. The van der Waals surface area contributed by atoms with Gasteiger partial charge >= 0.3 is 5.97 Å². The highest BCUT2D eigenvalue weighted by atomic mass is 16.5. The second-order valence-electron chi connectivity index (χ2n) is 6.75. The van der Waals surface area contributed by atoms with Crippen molar-refractivity contribution in [1.82, 2.24) is 15.1 Å². The van der Waals surface area contributed by atoms with Gasteiger partial charge in [-0.15, -0.1) is 0 Å². The third-order valence-corrected chi connectivity index (χ3v) is 4.42. The molecule has 28 heavy (non-hydrogen) atoms. The molecule has 0 fully saturated rings. The van der Waals surface area contributed by atoms with Crippen molar-refractivity contribution >= 4 is 11.9 Å². The highest BCUT2D eigenvalue weighted by Gasteiger charge is 2.27. The van der Waals surface area contributed by atoms with Gasteiger partial charge in [-0.05, 0) is 24.1 Å². The molecular weight excluding hydrogens is 354 g/mol. The van der Waals surface area contributed by atoms with Gasteiger partial charge in [0.25, 0.3) is 5.91 Å². The van der Waals surface area contributed by atoms with Crippen LogP contribution in [0.2, 0.25) is 0 Å². The molecule has 0 saturated carbocycles. The van der Waals surface area contributed by atoms with Crippen molar-refractivity contribution in [3.8, 4) is 16.9 Å². The largest absolute Gasteiger partial charge is 0.467 e. The lowest BCUT2D eigenvalue weighted by Crippen LogP contribution is -2.45. The Labute approximate surface area is 164 Å². The minimum absolute atomic E-state index is 0.113. The van der Waals surface area contributed by atoms with Crippen LogP contribution in [0.1, 0.15) is 24.3 Å². The Balaban J connectivity index is 2.02. The molecule has 0 radical (unpaired) electrons. The first-order chi connectivity index (χ1) is 13.5. The number of rotatable bonds is 6. The lowest BCUT2D eigenvalue weighted by Gasteiger charge is -2.20. The van der Waals surface area contributed by atoms with Gasteiger partial charge in [-0.25, -0.2) is 9.48 Å². The second kappa shape index (κ2) is 8.52. The van der Waals surface area contributed by atoms with Crippen LogP contribution in [-0.4, -0.2) is 34.8 Å². The van der Waals surface area contributed by atoms with Crippen molar-refractivity contribution in [2.75, 3.05) is 7.11 Å². The van der Waals surface area contributed by atoms with Crippen LogP contribution in [0.3, 0.4) is 0 Å². The van der Waals surface area contributed by atoms with Crippen molar-refractivity contribution in [2.45, 2.75) is 19.9 Å². The van der Waals surface area contributed by atoms with Crippen LogP contribution in [0.5, 0.6) is 0 Å². The predicted octanol–water partition coefficient (Wildman–Crippen LogP) is 3.47. The van der Waals surface area contributed by atoms with Crippen LogP contribution in [-0.2, 0) is 9.53 Å². The average Bonchev–Trinajstić information content (AvgIpc) is 3.18. The number of ether oxygens (including phenoxy) is 1. The minimum atomic E-state index is -0.739. The van der Waals surface area contributed by atoms with E-state index in [0.717, 1.165) is 11.3 Å². The van der Waals surface area contributed by atoms with Gasteiger partial charge in [-0.1, -0.05) is 62.4 Å². The fourth-order valence-electron chi connectivity index (χ4n) is 2.90. The van der Waals surface area contributed by atoms with Crippen molar-refractivity contribution in [3.05, 3.63) is 72.4 Å². The molecule has 1 unspecified atom stereocenters. The number of aromatic nitrogens is 2. The van der Waals surface area contributed by atoms with E-state index in [0.29, 0.717) is 11.4 Å². The summed E-state index contributed by atoms with van der Waals surface area (Å²) >= 11 is 0. The molecule has 3 aromatic rings. The van der Waals surface area contributed by atoms with Crippen LogP contribution in [0.4, 0.5) is 0 Å². The molecule has 3 rings (SSSR count). The summed E-state index contributed by atoms with van der Waals surface area (Å²) in [7, 11) is 1.31. The van der Waals surface area contributed by atoms with Crippen molar-refractivity contribution in [2.24, 2.45) is 5.92 Å². The van der Waals surface area contributed by atoms with E-state index in [1.165, 1.54) is 7.11 Å². The van der Waals surface area contributed by atoms with Crippen LogP contribution in [0.15, 0.2) is 66.7 Å². The quantitative estimate of drug-likeness (QED) is 0.668. The fourth-order valence-corrected chi connectivity index (χ4v) is 2.90. The molecule has 144 valence electrons. The first-order valence-corrected chi connectivity index (χ1v) is 9.11. The minimum Gasteiger partial charge on any atom is -0.467 e. The Morgan fingerprint density at radius 1 is 1.00 bits per heavy atom. The summed E-state index contributed by atoms with van der Waals surface area (Å²) in [5, 5.41) is 7.41. The molecule has 1 atom stereocenters. The lowest BCUT2D eigenvalue weighted by atomic mass is 10.0. The summed E-state index contributed by atoms with van der Waals surface area (Å²) in [6.45, 7) is 3.71. The van der Waals surface area contributed by atoms with Crippen LogP contribution in [0.25, 0.3) is 16.9 Å². The summed E-state index contributed by atoms with van der Waals surface area (Å²) in [6.07, 6.45) is 0. The number of para-hydroxylation sites is 1. The van der Waals surface area contributed by atoms with E-state index in [1.807, 2.05) is 74.5 Å². The first kappa shape index (κ1) is 19.4. The molecule has 1 N–H and O–H groups in total. The average molecular weight is 377 g/mol. The number of methoxy groups -OCH3 is 1. The summed E-state index contributed by atoms with van der Waals surface area (Å²) in [6, 6.07) is 20.0. The van der Waals surface area contributed by atoms with Crippen molar-refractivity contribution < 1.29 is 14.3 Å². The van der Waals surface area contributed by atoms with Gasteiger partial charge in [0.1, 0.15) is 11.7 Å². The number of carbonyl (C=O) groups is 2. The number of amides is 1. The normalized spacial score (nSPS) is 11.9. The Hall–Kier alpha value is -3.41. The maximum atomic E-state index is 13.0. The first-order valence-electron chi connectivity index (χ1n) is 9.11. The molecule has 0 saturated heterocycles. The zero-order chi connectivity index (χ0) is 20.1. The van der Waals surface area contributed by atoms with E-state index >= 15 is 0 Å². The maximum Gasteiger partial charge on any atom is 0.328 e. The molecule has 1 amide bonds. The van der Waals surface area contributed by atoms with Gasteiger partial charge in [0.05, 0.1) is 18.5 Å². The van der Waals surface area contributed by atoms with E-state index in [-0.39, 0.29) is 11.8 Å². The smallest absolute Gasteiger partial charge is 0.328 e. The van der Waals surface area contributed by atoms with Gasteiger partial charge in [0, 0.05) is 5.56 Å². The monoisotopic (exact) mass is 377 g/mol. The highest BCUT2D eigenvalue weighted by Crippen LogP contribution is 2.22. The lowest BCUT2D eigenvalue weighted by molar-refractivity contribution is -0.144. The summed E-state index contributed by atoms with van der Waals surface area (Å²) in [4.78, 5) is 25.1. The number of nitrogens with one attached hydrogen (secondary N) is 1. The maximum absolute atomic E-state index is 13.0. The molecule has 1 heterocycles. The third kappa shape index (κ3) is 4.11. The molecular formula is C22H23N3O3. The van der Waals surface area contributed by atoms with Crippen molar-refractivity contribution in [3.63, 3.8) is 0 Å². The molecule has 0 aliphatic heterocycles. The zero-order valence-corrected chi connectivity index (χ0v) is 16.1. The van der Waals surface area contributed by atoms with Crippen LogP contribution < -0.4 is 5.32 Å². The Morgan fingerprint density at radius 2 is 1.61 bits per heavy atom. The number of hydrogen-bond donors (Lipinski definition) is 1. The summed E-state index contributed by atoms with van der Waals surface area (Å²) in [5.74, 6) is -0.974. The van der Waals surface area contributed by atoms with Crippen LogP contribution in [0, 0.1) is 5.92 Å². The third-order valence-electron chi connectivity index (χ3n) is 4.42. The Morgan fingerprint density at radius 3 is 2.18 bits per heavy atom. The SMILES string of the molecule is COC(=O)C(NC(=O)c1cc(-c2ccccc2)nn1-c1ccccc1)C(C)C. The topological polar surface area (TPSA) is 73.2 Å². The van der Waals surface area contributed by atoms with Gasteiger partial charge in [0.2, 0.25) is 0 Å². The highest BCUT2D eigenvalue weighted by molar-refractivity contribution is 5.97. The number of benzene rings is 2. The van der Waals surface area contributed by atoms with Gasteiger partial charge < -0.3 is 10.1 Å². The van der Waals surface area contributed by atoms with E-state index in [2.05, 4.69) is 10.4 Å². The Bertz CT molecular complexity index is 950. The molecule has 0 bridgehead atoms. The predicted molar refractivity (Wildman–Crippen MR) is 107 cm³/mol. The molecule has 0 spiro atoms. The van der Waals surface area contributed by atoms with Gasteiger partial charge in [-0.2, -0.15) is 5.10 Å². The summed E-state index contributed by atoms with van der Waals surface area (Å²) < 4.78 is 6.41. The number of esters is 1. The molecule has 2 aromatic carbocycles. The number of hydrogen-bond acceptors (Lipinski definition) is 4. The van der Waals surface area contributed by atoms with Gasteiger partial charge in [0.15, 0.2) is 0 Å². The van der Waals surface area contributed by atoms with Gasteiger partial charge in [-0.3, -0.25) is 4.79 Å². The van der Waals surface area contributed by atoms with E-state index < -0.39 is 12.0 Å². The summed E-state index contributed by atoms with van der Waals surface area (Å²) in [5.41, 5.74) is 2.68. The number of nitrogens with zero attached hydrogens (tertiary/aromatic N) is 2.